The lowest BCUT2D eigenvalue weighted by Gasteiger charge is -2.24. The van der Waals surface area contributed by atoms with E-state index >= 15 is 0 Å². The average Bonchev–Trinajstić information content (AvgIpc) is 3.36. The Morgan fingerprint density at radius 1 is 1.35 bits per heavy atom. The number of rotatable bonds is 7. The van der Waals surface area contributed by atoms with E-state index in [9.17, 15) is 10.1 Å². The van der Waals surface area contributed by atoms with Gasteiger partial charge in [0, 0.05) is 10.6 Å². The minimum atomic E-state index is -0.760. The predicted molar refractivity (Wildman–Crippen MR) is 100 cm³/mol. The van der Waals surface area contributed by atoms with Gasteiger partial charge in [0.15, 0.2) is 0 Å². The molecule has 1 atom stereocenters. The van der Waals surface area contributed by atoms with Gasteiger partial charge < -0.3 is 9.73 Å². The highest BCUT2D eigenvalue weighted by Crippen LogP contribution is 2.39. The van der Waals surface area contributed by atoms with E-state index in [1.54, 1.807) is 6.92 Å². The van der Waals surface area contributed by atoms with E-state index in [-0.39, 0.29) is 18.4 Å². The molecule has 1 saturated carbocycles. The lowest BCUT2D eigenvalue weighted by atomic mass is 9.98. The standard InChI is InChI=1S/C20H22ClN3O2/c1-20(13-22,15-5-6-15)23-19(25)12-24(2)11-17-9-10-18(26-17)14-3-7-16(21)8-4-14/h3-4,7-10,15H,5-6,11-12H2,1-2H3,(H,23,25)/t20-/m0/s1. The quantitative estimate of drug-likeness (QED) is 0.802. The molecule has 3 rings (SSSR count). The van der Waals surface area contributed by atoms with Crippen LogP contribution in [0.5, 0.6) is 0 Å². The SMILES string of the molecule is CN(CC(=O)N[C@@](C)(C#N)C1CC1)Cc1ccc(-c2ccc(Cl)cc2)o1. The van der Waals surface area contributed by atoms with Gasteiger partial charge in [-0.3, -0.25) is 9.69 Å². The summed E-state index contributed by atoms with van der Waals surface area (Å²) in [5.74, 6) is 1.66. The molecular formula is C20H22ClN3O2. The van der Waals surface area contributed by atoms with Gasteiger partial charge in [0.1, 0.15) is 17.1 Å². The molecule has 1 aliphatic rings. The second kappa shape index (κ2) is 7.53. The van der Waals surface area contributed by atoms with Crippen LogP contribution in [-0.4, -0.2) is 29.9 Å². The molecular weight excluding hydrogens is 350 g/mol. The first-order valence-corrected chi connectivity index (χ1v) is 9.03. The van der Waals surface area contributed by atoms with Crippen molar-refractivity contribution in [3.05, 3.63) is 47.2 Å². The zero-order chi connectivity index (χ0) is 18.7. The second-order valence-electron chi connectivity index (χ2n) is 7.08. The number of amides is 1. The fraction of sp³-hybridized carbons (Fsp3) is 0.400. The number of furan rings is 1. The first kappa shape index (κ1) is 18.5. The van der Waals surface area contributed by atoms with Crippen LogP contribution in [0.4, 0.5) is 0 Å². The van der Waals surface area contributed by atoms with E-state index in [2.05, 4.69) is 11.4 Å². The van der Waals surface area contributed by atoms with E-state index < -0.39 is 5.54 Å². The number of nitrogens with one attached hydrogen (secondary N) is 1. The van der Waals surface area contributed by atoms with Gasteiger partial charge in [0.25, 0.3) is 0 Å². The van der Waals surface area contributed by atoms with Crippen LogP contribution in [0, 0.1) is 17.2 Å². The summed E-state index contributed by atoms with van der Waals surface area (Å²) in [7, 11) is 1.85. The third-order valence-electron chi connectivity index (χ3n) is 4.65. The van der Waals surface area contributed by atoms with Gasteiger partial charge in [0.05, 0.1) is 19.2 Å². The summed E-state index contributed by atoms with van der Waals surface area (Å²) < 4.78 is 5.86. The van der Waals surface area contributed by atoms with Gasteiger partial charge in [-0.2, -0.15) is 5.26 Å². The number of halogens is 1. The van der Waals surface area contributed by atoms with Gasteiger partial charge >= 0.3 is 0 Å². The van der Waals surface area contributed by atoms with Crippen molar-refractivity contribution in [2.24, 2.45) is 5.92 Å². The summed E-state index contributed by atoms with van der Waals surface area (Å²) in [6, 6.07) is 13.5. The molecule has 1 amide bonds. The third-order valence-corrected chi connectivity index (χ3v) is 4.91. The summed E-state index contributed by atoms with van der Waals surface area (Å²) in [5.41, 5.74) is 0.194. The first-order chi connectivity index (χ1) is 12.4. The van der Waals surface area contributed by atoms with Crippen LogP contribution < -0.4 is 5.32 Å². The molecule has 1 aromatic heterocycles. The van der Waals surface area contributed by atoms with Gasteiger partial charge in [0.2, 0.25) is 5.91 Å². The minimum absolute atomic E-state index is 0.145. The number of nitrogens with zero attached hydrogens (tertiary/aromatic N) is 2. The summed E-state index contributed by atoms with van der Waals surface area (Å²) in [5, 5.41) is 12.9. The molecule has 0 saturated heterocycles. The van der Waals surface area contributed by atoms with E-state index in [0.29, 0.717) is 11.6 Å². The van der Waals surface area contributed by atoms with Crippen molar-refractivity contribution in [2.45, 2.75) is 31.8 Å². The second-order valence-corrected chi connectivity index (χ2v) is 7.52. The van der Waals surface area contributed by atoms with Crippen LogP contribution >= 0.6 is 11.6 Å². The van der Waals surface area contributed by atoms with Crippen molar-refractivity contribution in [3.8, 4) is 17.4 Å². The fourth-order valence-corrected chi connectivity index (χ4v) is 3.14. The molecule has 0 spiro atoms. The maximum absolute atomic E-state index is 12.3. The van der Waals surface area contributed by atoms with Gasteiger partial charge in [-0.05, 0) is 69.1 Å². The van der Waals surface area contributed by atoms with Crippen LogP contribution in [0.15, 0.2) is 40.8 Å². The summed E-state index contributed by atoms with van der Waals surface area (Å²) >= 11 is 5.91. The zero-order valence-corrected chi connectivity index (χ0v) is 15.7. The Bertz CT molecular complexity index is 820. The molecule has 0 unspecified atom stereocenters. The Balaban J connectivity index is 1.55. The Labute approximate surface area is 158 Å². The maximum atomic E-state index is 12.3. The van der Waals surface area contributed by atoms with Gasteiger partial charge in [-0.25, -0.2) is 0 Å². The van der Waals surface area contributed by atoms with Crippen LogP contribution in [0.25, 0.3) is 11.3 Å². The average molecular weight is 372 g/mol. The molecule has 6 heteroatoms. The van der Waals surface area contributed by atoms with Crippen molar-refractivity contribution >= 4 is 17.5 Å². The van der Waals surface area contributed by atoms with Crippen molar-refractivity contribution < 1.29 is 9.21 Å². The summed E-state index contributed by atoms with van der Waals surface area (Å²) in [4.78, 5) is 14.1. The smallest absolute Gasteiger partial charge is 0.235 e. The molecule has 0 radical (unpaired) electrons. The molecule has 1 N–H and O–H groups in total. The van der Waals surface area contributed by atoms with Crippen molar-refractivity contribution in [1.29, 1.82) is 5.26 Å². The first-order valence-electron chi connectivity index (χ1n) is 8.65. The monoisotopic (exact) mass is 371 g/mol. The fourth-order valence-electron chi connectivity index (χ4n) is 3.01. The molecule has 1 aliphatic carbocycles. The van der Waals surface area contributed by atoms with E-state index in [1.807, 2.05) is 48.3 Å². The number of benzene rings is 1. The third kappa shape index (κ3) is 4.46. The van der Waals surface area contributed by atoms with Crippen molar-refractivity contribution in [3.63, 3.8) is 0 Å². The van der Waals surface area contributed by atoms with E-state index in [1.165, 1.54) is 0 Å². The van der Waals surface area contributed by atoms with Crippen LogP contribution in [0.3, 0.4) is 0 Å². The highest BCUT2D eigenvalue weighted by Gasteiger charge is 2.43. The molecule has 1 heterocycles. The number of hydrogen-bond donors (Lipinski definition) is 1. The minimum Gasteiger partial charge on any atom is -0.460 e. The molecule has 2 aromatic rings. The largest absolute Gasteiger partial charge is 0.460 e. The zero-order valence-electron chi connectivity index (χ0n) is 15.0. The molecule has 0 aliphatic heterocycles. The normalized spacial score (nSPS) is 16.1. The predicted octanol–water partition coefficient (Wildman–Crippen LogP) is 3.84. The highest BCUT2D eigenvalue weighted by molar-refractivity contribution is 6.30. The number of carbonyl (C=O) groups excluding carboxylic acids is 1. The molecule has 5 nitrogen and oxygen atoms in total. The summed E-state index contributed by atoms with van der Waals surface area (Å²) in [6.07, 6.45) is 2.00. The van der Waals surface area contributed by atoms with Crippen LogP contribution in [0.1, 0.15) is 25.5 Å². The molecule has 1 fully saturated rings. The van der Waals surface area contributed by atoms with Crippen molar-refractivity contribution in [1.82, 2.24) is 10.2 Å². The van der Waals surface area contributed by atoms with Gasteiger partial charge in [-0.15, -0.1) is 0 Å². The highest BCUT2D eigenvalue weighted by atomic mass is 35.5. The Kier molecular flexibility index (Phi) is 5.36. The molecule has 136 valence electrons. The summed E-state index contributed by atoms with van der Waals surface area (Å²) in [6.45, 7) is 2.52. The Hall–Kier alpha value is -2.29. The number of likely N-dealkylation sites (N-methyl/N-ethyl adjacent to an activating group) is 1. The van der Waals surface area contributed by atoms with Crippen LogP contribution in [0.2, 0.25) is 5.02 Å². The lowest BCUT2D eigenvalue weighted by molar-refractivity contribution is -0.123. The Morgan fingerprint density at radius 2 is 2.04 bits per heavy atom. The topological polar surface area (TPSA) is 69.3 Å². The number of carbonyl (C=O) groups is 1. The molecule has 1 aromatic carbocycles. The molecule has 0 bridgehead atoms. The number of nitriles is 1. The van der Waals surface area contributed by atoms with E-state index in [0.717, 1.165) is 29.9 Å². The number of hydrogen-bond acceptors (Lipinski definition) is 4. The van der Waals surface area contributed by atoms with Crippen molar-refractivity contribution in [2.75, 3.05) is 13.6 Å². The molecule has 26 heavy (non-hydrogen) atoms. The van der Waals surface area contributed by atoms with E-state index in [4.69, 9.17) is 16.0 Å². The maximum Gasteiger partial charge on any atom is 0.235 e. The van der Waals surface area contributed by atoms with Gasteiger partial charge in [-0.1, -0.05) is 11.6 Å². The lowest BCUT2D eigenvalue weighted by Crippen LogP contribution is -2.49. The Morgan fingerprint density at radius 3 is 2.65 bits per heavy atom. The van der Waals surface area contributed by atoms with Crippen LogP contribution in [-0.2, 0) is 11.3 Å².